The fourth-order valence-electron chi connectivity index (χ4n) is 2.31. The van der Waals surface area contributed by atoms with E-state index in [0.29, 0.717) is 5.71 Å². The van der Waals surface area contributed by atoms with Crippen LogP contribution in [-0.4, -0.2) is 24.2 Å². The summed E-state index contributed by atoms with van der Waals surface area (Å²) in [6.07, 6.45) is 2.01. The Morgan fingerprint density at radius 2 is 1.79 bits per heavy atom. The quantitative estimate of drug-likeness (QED) is 0.668. The van der Waals surface area contributed by atoms with Crippen LogP contribution in [0.15, 0.2) is 59.1 Å². The van der Waals surface area contributed by atoms with Crippen LogP contribution in [0.25, 0.3) is 16.7 Å². The first-order valence-corrected chi connectivity index (χ1v) is 8.98. The fourth-order valence-corrected chi connectivity index (χ4v) is 2.93. The highest BCUT2D eigenvalue weighted by Crippen LogP contribution is 2.20. The predicted octanol–water partition coefficient (Wildman–Crippen LogP) is 4.30. The van der Waals surface area contributed by atoms with Crippen LogP contribution in [0.3, 0.4) is 0 Å². The first-order valence-electron chi connectivity index (χ1n) is 7.87. The van der Waals surface area contributed by atoms with Crippen molar-refractivity contribution in [1.29, 1.82) is 0 Å². The zero-order valence-electron chi connectivity index (χ0n) is 14.4. The van der Waals surface area contributed by atoms with E-state index in [9.17, 15) is 4.21 Å². The molecule has 1 aromatic carbocycles. The molecule has 5 heteroatoms. The Labute approximate surface area is 144 Å². The van der Waals surface area contributed by atoms with Gasteiger partial charge in [-0.1, -0.05) is 18.2 Å². The second-order valence-corrected chi connectivity index (χ2v) is 8.57. The largest absolute Gasteiger partial charge is 0.301 e. The van der Waals surface area contributed by atoms with Gasteiger partial charge in [0.1, 0.15) is 16.6 Å². The van der Waals surface area contributed by atoms with Gasteiger partial charge in [0.25, 0.3) is 0 Å². The number of hydrogen-bond donors (Lipinski definition) is 0. The molecule has 24 heavy (non-hydrogen) atoms. The van der Waals surface area contributed by atoms with Crippen LogP contribution in [0.1, 0.15) is 33.4 Å². The van der Waals surface area contributed by atoms with Crippen molar-refractivity contribution in [3.05, 3.63) is 60.4 Å². The second-order valence-electron chi connectivity index (χ2n) is 6.67. The van der Waals surface area contributed by atoms with Gasteiger partial charge in [0.2, 0.25) is 0 Å². The molecule has 0 saturated heterocycles. The van der Waals surface area contributed by atoms with Crippen molar-refractivity contribution < 1.29 is 4.21 Å². The minimum atomic E-state index is -1.29. The minimum absolute atomic E-state index is 0.379. The highest BCUT2D eigenvalue weighted by molar-refractivity contribution is 7.85. The Morgan fingerprint density at radius 1 is 1.08 bits per heavy atom. The number of benzene rings is 1. The van der Waals surface area contributed by atoms with Crippen molar-refractivity contribution in [2.75, 3.05) is 0 Å². The lowest BCUT2D eigenvalue weighted by Crippen LogP contribution is -2.20. The van der Waals surface area contributed by atoms with Crippen molar-refractivity contribution >= 4 is 27.7 Å². The minimum Gasteiger partial charge on any atom is -0.301 e. The van der Waals surface area contributed by atoms with Gasteiger partial charge in [-0.2, -0.15) is 4.40 Å². The van der Waals surface area contributed by atoms with Crippen LogP contribution in [-0.2, 0) is 11.0 Å². The first kappa shape index (κ1) is 16.6. The first-order chi connectivity index (χ1) is 11.4. The molecule has 0 bridgehead atoms. The third-order valence-electron chi connectivity index (χ3n) is 3.69. The molecule has 0 spiro atoms. The number of para-hydroxylation sites is 1. The SMILES string of the molecule is C/C(=N\[S@@](=O)C(C)(C)C)c1ccc2ccn(-c3ccccc3)c2n1. The molecule has 2 heterocycles. The summed E-state index contributed by atoms with van der Waals surface area (Å²) in [6.45, 7) is 7.60. The van der Waals surface area contributed by atoms with Gasteiger partial charge in [-0.15, -0.1) is 0 Å². The molecule has 0 aliphatic rings. The standard InChI is InChI=1S/C19H21N3OS/c1-14(21-24(23)19(2,3)4)17-11-10-15-12-13-22(18(15)20-17)16-8-6-5-7-9-16/h5-13H,1-4H3/b21-14+/t24-/m0/s1. The van der Waals surface area contributed by atoms with E-state index in [1.54, 1.807) is 0 Å². The molecule has 0 aliphatic heterocycles. The number of pyridine rings is 1. The number of aromatic nitrogens is 2. The molecule has 3 aromatic rings. The molecule has 4 nitrogen and oxygen atoms in total. The lowest BCUT2D eigenvalue weighted by Gasteiger charge is -2.14. The molecule has 0 radical (unpaired) electrons. The van der Waals surface area contributed by atoms with Crippen LogP contribution in [0.4, 0.5) is 0 Å². The van der Waals surface area contributed by atoms with Gasteiger partial charge in [-0.3, -0.25) is 0 Å². The van der Waals surface area contributed by atoms with Gasteiger partial charge < -0.3 is 4.57 Å². The highest BCUT2D eigenvalue weighted by atomic mass is 32.2. The van der Waals surface area contributed by atoms with Gasteiger partial charge in [0.15, 0.2) is 0 Å². The van der Waals surface area contributed by atoms with Crippen molar-refractivity contribution in [2.45, 2.75) is 32.4 Å². The lowest BCUT2D eigenvalue weighted by atomic mass is 10.2. The van der Waals surface area contributed by atoms with Gasteiger partial charge in [0.05, 0.1) is 16.2 Å². The molecule has 0 fully saturated rings. The number of fused-ring (bicyclic) bond motifs is 1. The lowest BCUT2D eigenvalue weighted by molar-refractivity contribution is 0.650. The zero-order chi connectivity index (χ0) is 17.3. The van der Waals surface area contributed by atoms with E-state index in [1.165, 1.54) is 0 Å². The summed E-state index contributed by atoms with van der Waals surface area (Å²) >= 11 is 0. The maximum atomic E-state index is 12.2. The monoisotopic (exact) mass is 339 g/mol. The average molecular weight is 339 g/mol. The van der Waals surface area contributed by atoms with E-state index in [4.69, 9.17) is 4.98 Å². The van der Waals surface area contributed by atoms with Crippen LogP contribution in [0.5, 0.6) is 0 Å². The van der Waals surface area contributed by atoms with Gasteiger partial charge >= 0.3 is 0 Å². The van der Waals surface area contributed by atoms with Crippen molar-refractivity contribution in [3.63, 3.8) is 0 Å². The molecule has 3 rings (SSSR count). The fraction of sp³-hybridized carbons (Fsp3) is 0.263. The number of nitrogens with zero attached hydrogens (tertiary/aromatic N) is 3. The van der Waals surface area contributed by atoms with Crippen LogP contribution in [0, 0.1) is 0 Å². The molecular weight excluding hydrogens is 318 g/mol. The Kier molecular flexibility index (Phi) is 4.37. The Hall–Kier alpha value is -2.27. The van der Waals surface area contributed by atoms with Crippen LogP contribution in [0.2, 0.25) is 0 Å². The Morgan fingerprint density at radius 3 is 2.46 bits per heavy atom. The van der Waals surface area contributed by atoms with Gasteiger partial charge in [0, 0.05) is 17.3 Å². The second kappa shape index (κ2) is 6.32. The highest BCUT2D eigenvalue weighted by Gasteiger charge is 2.19. The summed E-state index contributed by atoms with van der Waals surface area (Å²) in [6, 6.07) is 16.1. The molecule has 0 saturated carbocycles. The third kappa shape index (κ3) is 3.31. The van der Waals surface area contributed by atoms with Crippen molar-refractivity contribution in [2.24, 2.45) is 4.40 Å². The van der Waals surface area contributed by atoms with E-state index in [2.05, 4.69) is 4.40 Å². The summed E-state index contributed by atoms with van der Waals surface area (Å²) in [5, 5.41) is 1.06. The maximum absolute atomic E-state index is 12.2. The third-order valence-corrected chi connectivity index (χ3v) is 5.17. The maximum Gasteiger partial charge on any atom is 0.145 e. The zero-order valence-corrected chi connectivity index (χ0v) is 15.2. The Bertz CT molecular complexity index is 921. The summed E-state index contributed by atoms with van der Waals surface area (Å²) in [5.41, 5.74) is 3.36. The van der Waals surface area contributed by atoms with E-state index in [-0.39, 0.29) is 4.75 Å². The topological polar surface area (TPSA) is 47.2 Å². The molecule has 2 aromatic heterocycles. The summed E-state index contributed by atoms with van der Waals surface area (Å²) in [7, 11) is -1.29. The summed E-state index contributed by atoms with van der Waals surface area (Å²) < 4.78 is 18.2. The van der Waals surface area contributed by atoms with E-state index in [0.717, 1.165) is 22.4 Å². The summed E-state index contributed by atoms with van der Waals surface area (Å²) in [5.74, 6) is 0. The predicted molar refractivity (Wildman–Crippen MR) is 101 cm³/mol. The Balaban J connectivity index is 2.05. The van der Waals surface area contributed by atoms with Gasteiger partial charge in [-0.05, 0) is 58.0 Å². The molecule has 124 valence electrons. The molecule has 0 unspecified atom stereocenters. The number of hydrogen-bond acceptors (Lipinski definition) is 2. The average Bonchev–Trinajstić information content (AvgIpc) is 2.97. The normalized spacial score (nSPS) is 14.1. The van der Waals surface area contributed by atoms with Crippen LogP contribution >= 0.6 is 0 Å². The molecular formula is C19H21N3OS. The summed E-state index contributed by atoms with van der Waals surface area (Å²) in [4.78, 5) is 4.74. The smallest absolute Gasteiger partial charge is 0.145 e. The van der Waals surface area contributed by atoms with E-state index < -0.39 is 11.0 Å². The van der Waals surface area contributed by atoms with Gasteiger partial charge in [-0.25, -0.2) is 9.19 Å². The van der Waals surface area contributed by atoms with E-state index >= 15 is 0 Å². The molecule has 0 aliphatic carbocycles. The number of rotatable bonds is 3. The van der Waals surface area contributed by atoms with Crippen molar-refractivity contribution in [3.8, 4) is 5.69 Å². The molecule has 0 N–H and O–H groups in total. The van der Waals surface area contributed by atoms with E-state index in [1.807, 2.05) is 87.0 Å². The van der Waals surface area contributed by atoms with Crippen LogP contribution < -0.4 is 0 Å². The van der Waals surface area contributed by atoms with Crippen molar-refractivity contribution in [1.82, 2.24) is 9.55 Å². The molecule has 0 amide bonds. The molecule has 1 atom stereocenters.